The fourth-order valence-corrected chi connectivity index (χ4v) is 2.13. The highest BCUT2D eigenvalue weighted by Crippen LogP contribution is 2.23. The summed E-state index contributed by atoms with van der Waals surface area (Å²) in [5.74, 6) is 0.133. The summed E-state index contributed by atoms with van der Waals surface area (Å²) in [6.45, 7) is 3.98. The summed E-state index contributed by atoms with van der Waals surface area (Å²) in [7, 11) is 0. The molecule has 18 heavy (non-hydrogen) atoms. The van der Waals surface area contributed by atoms with Gasteiger partial charge < -0.3 is 0 Å². The van der Waals surface area contributed by atoms with E-state index in [9.17, 15) is 9.59 Å². The second kappa shape index (κ2) is 7.80. The Hall–Kier alpha value is -1.44. The zero-order valence-electron chi connectivity index (χ0n) is 11.3. The van der Waals surface area contributed by atoms with Gasteiger partial charge in [0.25, 0.3) is 0 Å². The van der Waals surface area contributed by atoms with Gasteiger partial charge in [-0.05, 0) is 18.4 Å². The fourth-order valence-electron chi connectivity index (χ4n) is 2.13. The molecule has 0 aliphatic heterocycles. The van der Waals surface area contributed by atoms with Gasteiger partial charge in [0.1, 0.15) is 11.6 Å². The van der Waals surface area contributed by atoms with E-state index in [0.29, 0.717) is 19.3 Å². The summed E-state index contributed by atoms with van der Waals surface area (Å²) in [5, 5.41) is 0. The van der Waals surface area contributed by atoms with E-state index in [1.807, 2.05) is 44.2 Å². The summed E-state index contributed by atoms with van der Waals surface area (Å²) in [4.78, 5) is 23.9. The van der Waals surface area contributed by atoms with E-state index in [1.54, 1.807) is 0 Å². The van der Waals surface area contributed by atoms with Crippen LogP contribution in [0.2, 0.25) is 0 Å². The first-order chi connectivity index (χ1) is 8.69. The molecular weight excluding hydrogens is 224 g/mol. The molecule has 0 heterocycles. The van der Waals surface area contributed by atoms with Crippen molar-refractivity contribution >= 4 is 11.6 Å². The molecule has 1 aromatic rings. The highest BCUT2D eigenvalue weighted by atomic mass is 16.1. The summed E-state index contributed by atoms with van der Waals surface area (Å²) in [5.41, 5.74) is 0.973. The molecule has 0 radical (unpaired) electrons. The molecule has 1 rings (SSSR count). The van der Waals surface area contributed by atoms with E-state index in [4.69, 9.17) is 0 Å². The number of carbonyl (C=O) groups excluding carboxylic acids is 2. The minimum atomic E-state index is -0.245. The number of hydrogen-bond acceptors (Lipinski definition) is 2. The van der Waals surface area contributed by atoms with Crippen molar-refractivity contribution in [1.29, 1.82) is 0 Å². The lowest BCUT2D eigenvalue weighted by Crippen LogP contribution is -2.16. The van der Waals surface area contributed by atoms with Crippen LogP contribution in [0.5, 0.6) is 0 Å². The number of carbonyl (C=O) groups is 2. The van der Waals surface area contributed by atoms with Crippen molar-refractivity contribution < 1.29 is 9.59 Å². The van der Waals surface area contributed by atoms with Crippen molar-refractivity contribution in [2.45, 2.75) is 51.9 Å². The van der Waals surface area contributed by atoms with Crippen LogP contribution in [-0.2, 0) is 9.59 Å². The molecular formula is C16H22O2. The van der Waals surface area contributed by atoms with Gasteiger partial charge in [-0.1, -0.05) is 44.2 Å². The maximum atomic E-state index is 12.1. The maximum Gasteiger partial charge on any atom is 0.140 e. The SMILES string of the molecule is CCCC(=O)CC(C(=O)CCC)c1ccccc1. The van der Waals surface area contributed by atoms with Gasteiger partial charge in [0.15, 0.2) is 0 Å². The maximum absolute atomic E-state index is 12.1. The Kier molecular flexibility index (Phi) is 6.34. The summed E-state index contributed by atoms with van der Waals surface area (Å²) in [6.07, 6.45) is 3.17. The summed E-state index contributed by atoms with van der Waals surface area (Å²) < 4.78 is 0. The molecule has 1 unspecified atom stereocenters. The normalized spacial score (nSPS) is 12.1. The standard InChI is InChI=1S/C16H22O2/c1-3-8-14(17)12-15(16(18)9-4-2)13-10-6-5-7-11-13/h5-7,10-11,15H,3-4,8-9,12H2,1-2H3. The van der Waals surface area contributed by atoms with Gasteiger partial charge in [0.05, 0.1) is 0 Å². The first-order valence-electron chi connectivity index (χ1n) is 6.78. The van der Waals surface area contributed by atoms with Crippen LogP contribution in [0, 0.1) is 0 Å². The van der Waals surface area contributed by atoms with Crippen LogP contribution in [-0.4, -0.2) is 11.6 Å². The molecule has 98 valence electrons. The van der Waals surface area contributed by atoms with E-state index in [1.165, 1.54) is 0 Å². The second-order valence-electron chi connectivity index (χ2n) is 4.67. The van der Waals surface area contributed by atoms with Crippen molar-refractivity contribution in [2.75, 3.05) is 0 Å². The fraction of sp³-hybridized carbons (Fsp3) is 0.500. The minimum Gasteiger partial charge on any atom is -0.300 e. The van der Waals surface area contributed by atoms with Crippen molar-refractivity contribution in [1.82, 2.24) is 0 Å². The minimum absolute atomic E-state index is 0.188. The Morgan fingerprint density at radius 2 is 1.61 bits per heavy atom. The highest BCUT2D eigenvalue weighted by Gasteiger charge is 2.22. The Bertz CT molecular complexity index is 381. The highest BCUT2D eigenvalue weighted by molar-refractivity contribution is 5.91. The number of benzene rings is 1. The van der Waals surface area contributed by atoms with Crippen LogP contribution < -0.4 is 0 Å². The quantitative estimate of drug-likeness (QED) is 0.697. The number of Topliss-reactive ketones (excluding diaryl/α,β-unsaturated/α-hetero) is 2. The third kappa shape index (κ3) is 4.44. The van der Waals surface area contributed by atoms with E-state index in [2.05, 4.69) is 0 Å². The van der Waals surface area contributed by atoms with Gasteiger partial charge in [0, 0.05) is 25.2 Å². The molecule has 2 nitrogen and oxygen atoms in total. The molecule has 0 saturated heterocycles. The first-order valence-corrected chi connectivity index (χ1v) is 6.78. The van der Waals surface area contributed by atoms with Gasteiger partial charge in [-0.2, -0.15) is 0 Å². The van der Waals surface area contributed by atoms with Crippen LogP contribution in [0.4, 0.5) is 0 Å². The lowest BCUT2D eigenvalue weighted by atomic mass is 9.87. The topological polar surface area (TPSA) is 34.1 Å². The summed E-state index contributed by atoms with van der Waals surface area (Å²) >= 11 is 0. The molecule has 1 aromatic carbocycles. The Labute approximate surface area is 109 Å². The zero-order valence-corrected chi connectivity index (χ0v) is 11.3. The van der Waals surface area contributed by atoms with Gasteiger partial charge in [-0.15, -0.1) is 0 Å². The van der Waals surface area contributed by atoms with E-state index >= 15 is 0 Å². The molecule has 0 aliphatic carbocycles. The van der Waals surface area contributed by atoms with Gasteiger partial charge in [-0.3, -0.25) is 9.59 Å². The van der Waals surface area contributed by atoms with Crippen molar-refractivity contribution in [3.63, 3.8) is 0 Å². The Morgan fingerprint density at radius 3 is 2.17 bits per heavy atom. The molecule has 0 saturated carbocycles. The van der Waals surface area contributed by atoms with Crippen molar-refractivity contribution in [3.8, 4) is 0 Å². The van der Waals surface area contributed by atoms with Crippen LogP contribution in [0.3, 0.4) is 0 Å². The third-order valence-electron chi connectivity index (χ3n) is 3.05. The number of ketones is 2. The molecule has 0 spiro atoms. The zero-order chi connectivity index (χ0) is 13.4. The van der Waals surface area contributed by atoms with Gasteiger partial charge in [0.2, 0.25) is 0 Å². The van der Waals surface area contributed by atoms with Crippen LogP contribution in [0.1, 0.15) is 57.4 Å². The summed E-state index contributed by atoms with van der Waals surface area (Å²) in [6, 6.07) is 9.66. The molecule has 1 atom stereocenters. The molecule has 0 N–H and O–H groups in total. The second-order valence-corrected chi connectivity index (χ2v) is 4.67. The molecule has 0 bridgehead atoms. The van der Waals surface area contributed by atoms with E-state index in [-0.39, 0.29) is 17.5 Å². The van der Waals surface area contributed by atoms with Gasteiger partial charge in [-0.25, -0.2) is 0 Å². The smallest absolute Gasteiger partial charge is 0.140 e. The molecule has 0 aliphatic rings. The largest absolute Gasteiger partial charge is 0.300 e. The average molecular weight is 246 g/mol. The van der Waals surface area contributed by atoms with Crippen molar-refractivity contribution in [3.05, 3.63) is 35.9 Å². The number of hydrogen-bond donors (Lipinski definition) is 0. The monoisotopic (exact) mass is 246 g/mol. The molecule has 0 aromatic heterocycles. The van der Waals surface area contributed by atoms with E-state index < -0.39 is 0 Å². The number of rotatable bonds is 8. The van der Waals surface area contributed by atoms with Crippen LogP contribution in [0.15, 0.2) is 30.3 Å². The Balaban J connectivity index is 2.82. The lowest BCUT2D eigenvalue weighted by molar-refractivity contribution is -0.125. The predicted molar refractivity (Wildman–Crippen MR) is 73.6 cm³/mol. The molecule has 0 amide bonds. The van der Waals surface area contributed by atoms with Gasteiger partial charge >= 0.3 is 0 Å². The van der Waals surface area contributed by atoms with E-state index in [0.717, 1.165) is 18.4 Å². The molecule has 0 fully saturated rings. The average Bonchev–Trinajstić information content (AvgIpc) is 2.37. The predicted octanol–water partition coefficient (Wildman–Crippen LogP) is 3.90. The molecule has 2 heteroatoms. The Morgan fingerprint density at radius 1 is 1.00 bits per heavy atom. The lowest BCUT2D eigenvalue weighted by Gasteiger charge is -2.15. The van der Waals surface area contributed by atoms with Crippen LogP contribution in [0.25, 0.3) is 0 Å². The van der Waals surface area contributed by atoms with Crippen LogP contribution >= 0.6 is 0 Å². The first kappa shape index (κ1) is 14.6. The third-order valence-corrected chi connectivity index (χ3v) is 3.05. The van der Waals surface area contributed by atoms with Crippen molar-refractivity contribution in [2.24, 2.45) is 0 Å².